The number of likely N-dealkylation sites (N-methyl/N-ethyl adjacent to an activating group) is 1. The van der Waals surface area contributed by atoms with Crippen LogP contribution in [0, 0.1) is 11.7 Å². The number of sulfonamides is 2. The summed E-state index contributed by atoms with van der Waals surface area (Å²) in [6, 6.07) is 11.2. The molecule has 0 bridgehead atoms. The molecule has 1 aliphatic heterocycles. The first-order chi connectivity index (χ1) is 18.8. The van der Waals surface area contributed by atoms with E-state index in [9.17, 15) is 31.1 Å². The summed E-state index contributed by atoms with van der Waals surface area (Å²) in [4.78, 5) is 14.9. The van der Waals surface area contributed by atoms with Crippen molar-refractivity contribution in [3.05, 3.63) is 71.4 Å². The molecule has 40 heavy (non-hydrogen) atoms. The van der Waals surface area contributed by atoms with Gasteiger partial charge in [-0.05, 0) is 54.8 Å². The third-order valence-corrected chi connectivity index (χ3v) is 11.2. The lowest BCUT2D eigenvalue weighted by Gasteiger charge is -2.38. The Kier molecular flexibility index (Phi) is 8.85. The zero-order valence-electron chi connectivity index (χ0n) is 22.0. The monoisotopic (exact) mass is 611 g/mol. The van der Waals surface area contributed by atoms with Gasteiger partial charge in [0.05, 0.1) is 35.3 Å². The zero-order chi connectivity index (χ0) is 29.2. The van der Waals surface area contributed by atoms with Crippen molar-refractivity contribution in [1.82, 2.24) is 9.21 Å². The number of carbonyl (C=O) groups excluding carboxylic acids is 1. The number of rotatable bonds is 9. The van der Waals surface area contributed by atoms with Crippen LogP contribution in [0.15, 0.2) is 69.1 Å². The molecule has 0 saturated heterocycles. The topological polar surface area (TPSA) is 133 Å². The van der Waals surface area contributed by atoms with E-state index in [-0.39, 0.29) is 45.8 Å². The van der Waals surface area contributed by atoms with Gasteiger partial charge < -0.3 is 14.7 Å². The lowest BCUT2D eigenvalue weighted by molar-refractivity contribution is 0.0389. The number of thiophene rings is 1. The van der Waals surface area contributed by atoms with Crippen molar-refractivity contribution in [2.75, 3.05) is 31.5 Å². The van der Waals surface area contributed by atoms with Crippen molar-refractivity contribution >= 4 is 43.0 Å². The average molecular weight is 612 g/mol. The van der Waals surface area contributed by atoms with Crippen molar-refractivity contribution < 1.29 is 35.9 Å². The SMILES string of the molecule is C[C@H]1CN([C@@H](C)CO)C(=O)c2cccc(NS(=O)(=O)c3ccc(F)cc3)c2O[C@@H]1CN(C)S(=O)(=O)c1cccs1. The summed E-state index contributed by atoms with van der Waals surface area (Å²) in [7, 11) is -6.62. The predicted octanol–water partition coefficient (Wildman–Crippen LogP) is 3.23. The Bertz CT molecular complexity index is 1560. The Morgan fingerprint density at radius 3 is 2.48 bits per heavy atom. The van der Waals surface area contributed by atoms with Gasteiger partial charge in [-0.1, -0.05) is 19.1 Å². The first-order valence-electron chi connectivity index (χ1n) is 12.3. The zero-order valence-corrected chi connectivity index (χ0v) is 24.5. The largest absolute Gasteiger partial charge is 0.486 e. The number of hydrogen-bond donors (Lipinski definition) is 2. The van der Waals surface area contributed by atoms with E-state index in [0.29, 0.717) is 0 Å². The van der Waals surface area contributed by atoms with E-state index in [0.717, 1.165) is 39.9 Å². The van der Waals surface area contributed by atoms with Crippen molar-refractivity contribution in [1.29, 1.82) is 0 Å². The van der Waals surface area contributed by atoms with Crippen LogP contribution >= 0.6 is 11.3 Å². The number of aliphatic hydroxyl groups is 1. The highest BCUT2D eigenvalue weighted by molar-refractivity contribution is 7.92. The molecule has 2 aromatic carbocycles. The highest BCUT2D eigenvalue weighted by atomic mass is 32.2. The molecule has 2 heterocycles. The lowest BCUT2D eigenvalue weighted by atomic mass is 9.99. The highest BCUT2D eigenvalue weighted by Gasteiger charge is 2.36. The molecule has 0 radical (unpaired) electrons. The minimum atomic E-state index is -4.21. The van der Waals surface area contributed by atoms with E-state index in [1.54, 1.807) is 25.3 Å². The predicted molar refractivity (Wildman–Crippen MR) is 149 cm³/mol. The second-order valence-electron chi connectivity index (χ2n) is 9.58. The van der Waals surface area contributed by atoms with Crippen LogP contribution < -0.4 is 9.46 Å². The summed E-state index contributed by atoms with van der Waals surface area (Å²) in [5, 5.41) is 11.5. The minimum Gasteiger partial charge on any atom is -0.486 e. The summed E-state index contributed by atoms with van der Waals surface area (Å²) in [5.41, 5.74) is -0.00471. The smallest absolute Gasteiger partial charge is 0.262 e. The van der Waals surface area contributed by atoms with Crippen molar-refractivity contribution in [2.45, 2.75) is 35.1 Å². The molecule has 3 aromatic rings. The molecule has 1 aromatic heterocycles. The fraction of sp³-hybridized carbons (Fsp3) is 0.346. The second-order valence-corrected chi connectivity index (χ2v) is 14.5. The summed E-state index contributed by atoms with van der Waals surface area (Å²) >= 11 is 1.08. The van der Waals surface area contributed by atoms with Crippen LogP contribution in [0.2, 0.25) is 0 Å². The van der Waals surface area contributed by atoms with Crippen molar-refractivity contribution in [3.63, 3.8) is 0 Å². The molecule has 10 nitrogen and oxygen atoms in total. The number of nitrogens with one attached hydrogen (secondary N) is 1. The maximum atomic E-state index is 13.6. The first-order valence-corrected chi connectivity index (χ1v) is 16.1. The Labute approximate surface area is 237 Å². The van der Waals surface area contributed by atoms with E-state index in [1.165, 1.54) is 36.2 Å². The van der Waals surface area contributed by atoms with E-state index in [2.05, 4.69) is 4.72 Å². The number of para-hydroxylation sites is 1. The molecule has 14 heteroatoms. The molecule has 4 rings (SSSR count). The highest BCUT2D eigenvalue weighted by Crippen LogP contribution is 2.36. The molecule has 0 unspecified atom stereocenters. The number of ether oxygens (including phenoxy) is 1. The van der Waals surface area contributed by atoms with Crippen LogP contribution in [0.1, 0.15) is 24.2 Å². The van der Waals surface area contributed by atoms with E-state index < -0.39 is 49.8 Å². The van der Waals surface area contributed by atoms with Gasteiger partial charge in [0.1, 0.15) is 16.1 Å². The Hall–Kier alpha value is -3.04. The molecule has 1 amide bonds. The van der Waals surface area contributed by atoms with Gasteiger partial charge in [-0.25, -0.2) is 21.2 Å². The number of halogens is 1. The van der Waals surface area contributed by atoms with Crippen LogP contribution in [-0.2, 0) is 20.0 Å². The number of amides is 1. The van der Waals surface area contributed by atoms with E-state index in [4.69, 9.17) is 4.74 Å². The van der Waals surface area contributed by atoms with Gasteiger partial charge in [0.25, 0.3) is 26.0 Å². The van der Waals surface area contributed by atoms with Crippen LogP contribution in [-0.4, -0.2) is 75.9 Å². The van der Waals surface area contributed by atoms with Crippen molar-refractivity contribution in [2.24, 2.45) is 5.92 Å². The Balaban J connectivity index is 1.76. The third kappa shape index (κ3) is 6.15. The number of benzene rings is 2. The second kappa shape index (κ2) is 11.8. The van der Waals surface area contributed by atoms with Gasteiger partial charge in [-0.15, -0.1) is 11.3 Å². The van der Waals surface area contributed by atoms with Crippen LogP contribution in [0.25, 0.3) is 0 Å². The average Bonchev–Trinajstić information content (AvgIpc) is 3.47. The van der Waals surface area contributed by atoms with E-state index >= 15 is 0 Å². The maximum absolute atomic E-state index is 13.6. The molecular weight excluding hydrogens is 581 g/mol. The summed E-state index contributed by atoms with van der Waals surface area (Å²) in [6.45, 7) is 3.20. The molecule has 2 N–H and O–H groups in total. The molecule has 1 aliphatic rings. The number of hydrogen-bond acceptors (Lipinski definition) is 8. The van der Waals surface area contributed by atoms with Crippen LogP contribution in [0.4, 0.5) is 10.1 Å². The summed E-state index contributed by atoms with van der Waals surface area (Å²) < 4.78 is 76.0. The first kappa shape index (κ1) is 29.9. The maximum Gasteiger partial charge on any atom is 0.262 e. The Morgan fingerprint density at radius 2 is 1.85 bits per heavy atom. The normalized spacial score (nSPS) is 18.9. The quantitative estimate of drug-likeness (QED) is 0.380. The summed E-state index contributed by atoms with van der Waals surface area (Å²) in [6.07, 6.45) is -0.809. The number of nitrogens with zero attached hydrogens (tertiary/aromatic N) is 2. The molecule has 0 spiro atoms. The molecule has 0 fully saturated rings. The standard InChI is InChI=1S/C26H30FN3O7S3/c1-17-14-30(18(2)16-31)26(32)21-6-4-7-22(28-39(33,34)20-11-9-19(27)10-12-20)25(21)37-23(17)15-29(3)40(35,36)24-8-5-13-38-24/h4-13,17-18,23,28,31H,14-16H2,1-3H3/t17-,18-,23+/m0/s1. The van der Waals surface area contributed by atoms with Gasteiger partial charge in [-0.2, -0.15) is 4.31 Å². The van der Waals surface area contributed by atoms with Crippen LogP contribution in [0.3, 0.4) is 0 Å². The van der Waals surface area contributed by atoms with E-state index in [1.807, 2.05) is 0 Å². The molecule has 0 aliphatic carbocycles. The third-order valence-electron chi connectivity index (χ3n) is 6.66. The number of fused-ring (bicyclic) bond motifs is 1. The lowest BCUT2D eigenvalue weighted by Crippen LogP contribution is -2.50. The minimum absolute atomic E-state index is 0.0419. The molecule has 3 atom stereocenters. The van der Waals surface area contributed by atoms with Gasteiger partial charge >= 0.3 is 0 Å². The number of carbonyl (C=O) groups is 1. The van der Waals surface area contributed by atoms with Gasteiger partial charge in [-0.3, -0.25) is 9.52 Å². The number of aliphatic hydroxyl groups excluding tert-OH is 1. The summed E-state index contributed by atoms with van der Waals surface area (Å²) in [5.74, 6) is -1.58. The van der Waals surface area contributed by atoms with Gasteiger partial charge in [0.2, 0.25) is 0 Å². The molecular formula is C26H30FN3O7S3. The molecule has 0 saturated carbocycles. The Morgan fingerprint density at radius 1 is 1.15 bits per heavy atom. The van der Waals surface area contributed by atoms with Crippen molar-refractivity contribution in [3.8, 4) is 5.75 Å². The fourth-order valence-electron chi connectivity index (χ4n) is 4.27. The van der Waals surface area contributed by atoms with Gasteiger partial charge in [0, 0.05) is 19.5 Å². The van der Waals surface area contributed by atoms with Crippen LogP contribution in [0.5, 0.6) is 5.75 Å². The fourth-order valence-corrected chi connectivity index (χ4v) is 7.72. The molecule has 216 valence electrons. The van der Waals surface area contributed by atoms with Gasteiger partial charge in [0.15, 0.2) is 5.75 Å². The number of anilines is 1.